The number of allylic oxidation sites excluding steroid dienone is 1. The van der Waals surface area contributed by atoms with Crippen LogP contribution in [-0.4, -0.2) is 6.61 Å². The quantitative estimate of drug-likeness (QED) is 0.240. The fraction of sp³-hybridized carbons (Fsp3) is 0.613. The molecule has 2 aromatic rings. The minimum Gasteiger partial charge on any atom is -0.489 e. The third-order valence-corrected chi connectivity index (χ3v) is 8.52. The van der Waals surface area contributed by atoms with E-state index in [-0.39, 0.29) is 34.6 Å². The molecule has 4 unspecified atom stereocenters. The Morgan fingerprint density at radius 3 is 2.46 bits per heavy atom. The Kier molecular flexibility index (Phi) is 9.19. The van der Waals surface area contributed by atoms with Crippen LogP contribution in [0.15, 0.2) is 30.4 Å². The molecule has 2 aromatic carbocycles. The molecule has 0 spiro atoms. The summed E-state index contributed by atoms with van der Waals surface area (Å²) in [7, 11) is 0. The first-order valence-electron chi connectivity index (χ1n) is 13.9. The normalized spacial score (nSPS) is 24.7. The van der Waals surface area contributed by atoms with Gasteiger partial charge in [0.05, 0.1) is 5.39 Å². The van der Waals surface area contributed by atoms with Crippen molar-refractivity contribution in [2.75, 3.05) is 6.61 Å². The molecule has 4 atom stereocenters. The Labute approximate surface area is 209 Å². The van der Waals surface area contributed by atoms with Gasteiger partial charge in [0, 0.05) is 11.6 Å². The summed E-state index contributed by atoms with van der Waals surface area (Å²) in [5.74, 6) is 0.184. The van der Waals surface area contributed by atoms with E-state index < -0.39 is 17.5 Å². The van der Waals surface area contributed by atoms with E-state index in [0.717, 1.165) is 25.2 Å². The van der Waals surface area contributed by atoms with Gasteiger partial charge in [0.25, 0.3) is 0 Å². The first kappa shape index (κ1) is 26.1. The van der Waals surface area contributed by atoms with Crippen molar-refractivity contribution in [1.82, 2.24) is 0 Å². The molecule has 4 heteroatoms. The molecule has 2 aliphatic rings. The fourth-order valence-corrected chi connectivity index (χ4v) is 6.65. The van der Waals surface area contributed by atoms with Crippen LogP contribution in [0.2, 0.25) is 0 Å². The number of hydrogen-bond donors (Lipinski definition) is 0. The van der Waals surface area contributed by atoms with Crippen molar-refractivity contribution < 1.29 is 17.9 Å². The van der Waals surface area contributed by atoms with Crippen molar-refractivity contribution in [2.24, 2.45) is 17.8 Å². The van der Waals surface area contributed by atoms with E-state index in [1.165, 1.54) is 76.0 Å². The predicted molar refractivity (Wildman–Crippen MR) is 138 cm³/mol. The summed E-state index contributed by atoms with van der Waals surface area (Å²) >= 11 is 0. The molecule has 0 aromatic heterocycles. The largest absolute Gasteiger partial charge is 0.489 e. The zero-order valence-corrected chi connectivity index (χ0v) is 21.4. The molecule has 192 valence electrons. The minimum absolute atomic E-state index is 0.0930. The van der Waals surface area contributed by atoms with Gasteiger partial charge in [0.1, 0.15) is 29.8 Å². The number of unbranched alkanes of at least 4 members (excludes halogenated alkanes) is 4. The van der Waals surface area contributed by atoms with E-state index >= 15 is 8.78 Å². The van der Waals surface area contributed by atoms with Crippen LogP contribution < -0.4 is 4.74 Å². The van der Waals surface area contributed by atoms with Gasteiger partial charge in [-0.2, -0.15) is 0 Å². The highest BCUT2D eigenvalue weighted by Crippen LogP contribution is 2.49. The molecule has 0 saturated heterocycles. The van der Waals surface area contributed by atoms with E-state index in [1.54, 1.807) is 6.08 Å². The lowest BCUT2D eigenvalue weighted by Gasteiger charge is -2.42. The molecule has 1 nitrogen and oxygen atoms in total. The van der Waals surface area contributed by atoms with Crippen LogP contribution in [0.3, 0.4) is 0 Å². The predicted octanol–water partition coefficient (Wildman–Crippen LogP) is 9.87. The second kappa shape index (κ2) is 12.3. The molecule has 0 N–H and O–H groups in total. The van der Waals surface area contributed by atoms with Crippen LogP contribution in [-0.2, 0) is 0 Å². The molecule has 0 radical (unpaired) electrons. The lowest BCUT2D eigenvalue weighted by Crippen LogP contribution is -2.31. The topological polar surface area (TPSA) is 9.23 Å². The van der Waals surface area contributed by atoms with Crippen molar-refractivity contribution in [1.29, 1.82) is 0 Å². The maximum atomic E-state index is 15.6. The van der Waals surface area contributed by atoms with Crippen molar-refractivity contribution in [3.63, 3.8) is 0 Å². The Balaban J connectivity index is 1.43. The highest BCUT2D eigenvalue weighted by molar-refractivity contribution is 5.86. The average molecular weight is 487 g/mol. The zero-order valence-electron chi connectivity index (χ0n) is 21.4. The van der Waals surface area contributed by atoms with Gasteiger partial charge in [-0.15, -0.1) is 0 Å². The smallest absolute Gasteiger partial charge is 0.140 e. The zero-order chi connectivity index (χ0) is 24.8. The van der Waals surface area contributed by atoms with E-state index in [1.807, 2.05) is 13.0 Å². The number of ether oxygens (including phenoxy) is 1. The minimum atomic E-state index is -0.721. The first-order chi connectivity index (χ1) is 17.0. The summed E-state index contributed by atoms with van der Waals surface area (Å²) in [5, 5.41) is 0.0982. The Bertz CT molecular complexity index is 1010. The summed E-state index contributed by atoms with van der Waals surface area (Å²) in [5.41, 5.74) is 0.0930. The number of fused-ring (bicyclic) bond motifs is 2. The summed E-state index contributed by atoms with van der Waals surface area (Å²) in [6.45, 7) is 4.40. The number of halogens is 3. The number of benzene rings is 2. The Morgan fingerprint density at radius 1 is 0.886 bits per heavy atom. The maximum absolute atomic E-state index is 15.6. The van der Waals surface area contributed by atoms with Gasteiger partial charge in [-0.1, -0.05) is 64.0 Å². The lowest BCUT2D eigenvalue weighted by molar-refractivity contribution is 0.111. The Morgan fingerprint density at radius 2 is 1.66 bits per heavy atom. The van der Waals surface area contributed by atoms with Crippen molar-refractivity contribution in [3.8, 4) is 5.75 Å². The maximum Gasteiger partial charge on any atom is 0.140 e. The molecule has 4 rings (SSSR count). The molecular formula is C31H41F3O. The van der Waals surface area contributed by atoms with Crippen molar-refractivity contribution >= 4 is 10.8 Å². The van der Waals surface area contributed by atoms with Crippen molar-refractivity contribution in [2.45, 2.75) is 96.8 Å². The Hall–Kier alpha value is -1.97. The van der Waals surface area contributed by atoms with Gasteiger partial charge in [0.15, 0.2) is 0 Å². The second-order valence-electron chi connectivity index (χ2n) is 10.9. The van der Waals surface area contributed by atoms with Crippen LogP contribution in [0.25, 0.3) is 10.8 Å². The van der Waals surface area contributed by atoms with Crippen LogP contribution in [0, 0.1) is 35.2 Å². The van der Waals surface area contributed by atoms with E-state index in [9.17, 15) is 4.39 Å². The molecule has 0 aliphatic heterocycles. The van der Waals surface area contributed by atoms with Crippen LogP contribution >= 0.6 is 0 Å². The average Bonchev–Trinajstić information content (AvgIpc) is 2.83. The molecule has 2 aliphatic carbocycles. The van der Waals surface area contributed by atoms with Gasteiger partial charge < -0.3 is 4.74 Å². The van der Waals surface area contributed by atoms with Gasteiger partial charge in [-0.3, -0.25) is 0 Å². The summed E-state index contributed by atoms with van der Waals surface area (Å²) in [4.78, 5) is 0. The molecule has 0 bridgehead atoms. The second-order valence-corrected chi connectivity index (χ2v) is 10.9. The van der Waals surface area contributed by atoms with E-state index in [4.69, 9.17) is 4.74 Å². The van der Waals surface area contributed by atoms with Crippen LogP contribution in [0.4, 0.5) is 13.2 Å². The molecular weight excluding hydrogens is 445 g/mol. The third kappa shape index (κ3) is 6.24. The number of hydrogen-bond acceptors (Lipinski definition) is 1. The van der Waals surface area contributed by atoms with Crippen LogP contribution in [0.1, 0.15) is 102 Å². The van der Waals surface area contributed by atoms with Crippen LogP contribution in [0.5, 0.6) is 5.75 Å². The summed E-state index contributed by atoms with van der Waals surface area (Å²) in [6.07, 6.45) is 17.9. The van der Waals surface area contributed by atoms with Gasteiger partial charge in [-0.25, -0.2) is 13.2 Å². The SMILES string of the molecule is C/C=C/COc1cc(F)c2c(F)c(C3CCC4CC(CCCCCCC)CCC4C3)c(F)cc2c1. The number of rotatable bonds is 10. The highest BCUT2D eigenvalue weighted by Gasteiger charge is 2.37. The molecule has 35 heavy (non-hydrogen) atoms. The summed E-state index contributed by atoms with van der Waals surface area (Å²) in [6, 6.07) is 4.02. The standard InChI is InChI=1S/C31H41F3O/c1-3-5-7-8-9-10-21-11-12-23-17-24(14-13-22(23)16-21)29-27(32)19-25-18-26(35-15-6-4-2)20-28(33)30(25)31(29)34/h4,6,18-24H,3,5,7-17H2,1-2H3/b6-4+. The molecule has 2 saturated carbocycles. The van der Waals surface area contributed by atoms with Gasteiger partial charge in [0.2, 0.25) is 0 Å². The summed E-state index contributed by atoms with van der Waals surface area (Å²) < 4.78 is 51.2. The lowest BCUT2D eigenvalue weighted by atomic mass is 9.63. The van der Waals surface area contributed by atoms with Crippen molar-refractivity contribution in [3.05, 3.63) is 53.4 Å². The third-order valence-electron chi connectivity index (χ3n) is 8.52. The van der Waals surface area contributed by atoms with E-state index in [0.29, 0.717) is 11.8 Å². The van der Waals surface area contributed by atoms with Gasteiger partial charge in [-0.05, 0) is 80.2 Å². The molecule has 0 amide bonds. The molecule has 0 heterocycles. The first-order valence-corrected chi connectivity index (χ1v) is 13.9. The fourth-order valence-electron chi connectivity index (χ4n) is 6.65. The van der Waals surface area contributed by atoms with Gasteiger partial charge >= 0.3 is 0 Å². The van der Waals surface area contributed by atoms with E-state index in [2.05, 4.69) is 6.92 Å². The molecule has 2 fully saturated rings. The monoisotopic (exact) mass is 486 g/mol. The highest BCUT2D eigenvalue weighted by atomic mass is 19.1.